The number of hydrogen-bond donors (Lipinski definition) is 2. The van der Waals surface area contributed by atoms with E-state index in [1.54, 1.807) is 6.92 Å². The van der Waals surface area contributed by atoms with E-state index in [-0.39, 0.29) is 12.0 Å². The second kappa shape index (κ2) is 7.62. The van der Waals surface area contributed by atoms with Gasteiger partial charge >= 0.3 is 0 Å². The van der Waals surface area contributed by atoms with Gasteiger partial charge in [0, 0.05) is 17.1 Å². The molecule has 0 bridgehead atoms. The standard InChI is InChI=1S/C17H22ClNO2/c1-12(9-13-5-7-15(18)8-6-13)17(21)19-11-14-3-2-4-16(20)10-14/h5-9,14,16,20H,2-4,10-11H2,1H3,(H,19,21)/b12-9-. The maximum atomic E-state index is 12.1. The van der Waals surface area contributed by atoms with Crippen LogP contribution in [0.4, 0.5) is 0 Å². The maximum Gasteiger partial charge on any atom is 0.246 e. The van der Waals surface area contributed by atoms with Gasteiger partial charge in [0.15, 0.2) is 0 Å². The van der Waals surface area contributed by atoms with Crippen molar-refractivity contribution >= 4 is 23.6 Å². The number of hydrogen-bond acceptors (Lipinski definition) is 2. The van der Waals surface area contributed by atoms with Crippen LogP contribution < -0.4 is 5.32 Å². The van der Waals surface area contributed by atoms with Gasteiger partial charge in [-0.05, 0) is 55.9 Å². The Labute approximate surface area is 131 Å². The number of carbonyl (C=O) groups excluding carboxylic acids is 1. The normalized spacial score (nSPS) is 22.9. The number of carbonyl (C=O) groups is 1. The van der Waals surface area contributed by atoms with Crippen LogP contribution in [0.25, 0.3) is 6.08 Å². The molecular weight excluding hydrogens is 286 g/mol. The molecule has 1 aliphatic rings. The third-order valence-electron chi connectivity index (χ3n) is 3.92. The third kappa shape index (κ3) is 5.18. The van der Waals surface area contributed by atoms with Crippen molar-refractivity contribution in [3.05, 3.63) is 40.4 Å². The van der Waals surface area contributed by atoms with Crippen LogP contribution in [0.15, 0.2) is 29.8 Å². The van der Waals surface area contributed by atoms with Crippen molar-refractivity contribution in [2.24, 2.45) is 5.92 Å². The lowest BCUT2D eigenvalue weighted by atomic mass is 9.87. The van der Waals surface area contributed by atoms with Crippen LogP contribution in [-0.2, 0) is 4.79 Å². The Morgan fingerprint density at radius 3 is 2.76 bits per heavy atom. The lowest BCUT2D eigenvalue weighted by Gasteiger charge is -2.25. The summed E-state index contributed by atoms with van der Waals surface area (Å²) in [5.41, 5.74) is 1.63. The molecule has 1 aromatic carbocycles. The molecule has 114 valence electrons. The number of halogens is 1. The Hall–Kier alpha value is -1.32. The Bertz CT molecular complexity index is 510. The van der Waals surface area contributed by atoms with Gasteiger partial charge in [-0.15, -0.1) is 0 Å². The summed E-state index contributed by atoms with van der Waals surface area (Å²) in [6.45, 7) is 2.45. The molecule has 0 heterocycles. The van der Waals surface area contributed by atoms with Crippen molar-refractivity contribution < 1.29 is 9.90 Å². The first kappa shape index (κ1) is 16.1. The highest BCUT2D eigenvalue weighted by Gasteiger charge is 2.20. The zero-order chi connectivity index (χ0) is 15.2. The second-order valence-electron chi connectivity index (χ2n) is 5.78. The van der Waals surface area contributed by atoms with Crippen LogP contribution in [0.2, 0.25) is 5.02 Å². The number of benzene rings is 1. The number of amides is 1. The first-order chi connectivity index (χ1) is 10.0. The van der Waals surface area contributed by atoms with E-state index in [9.17, 15) is 9.90 Å². The molecule has 2 N–H and O–H groups in total. The predicted molar refractivity (Wildman–Crippen MR) is 86.1 cm³/mol. The molecule has 4 heteroatoms. The van der Waals surface area contributed by atoms with E-state index in [1.807, 2.05) is 30.3 Å². The molecule has 0 radical (unpaired) electrons. The quantitative estimate of drug-likeness (QED) is 0.838. The highest BCUT2D eigenvalue weighted by molar-refractivity contribution is 6.30. The number of rotatable bonds is 4. The van der Waals surface area contributed by atoms with E-state index < -0.39 is 0 Å². The molecule has 0 saturated heterocycles. The summed E-state index contributed by atoms with van der Waals surface area (Å²) in [6, 6.07) is 7.39. The number of aliphatic hydroxyl groups is 1. The SMILES string of the molecule is C/C(=C/c1ccc(Cl)cc1)C(=O)NCC1CCCC(O)C1. The Morgan fingerprint density at radius 2 is 2.10 bits per heavy atom. The van der Waals surface area contributed by atoms with Crippen LogP contribution in [0.3, 0.4) is 0 Å². The molecule has 1 fully saturated rings. The average Bonchev–Trinajstić information content (AvgIpc) is 2.47. The van der Waals surface area contributed by atoms with Crippen molar-refractivity contribution in [1.29, 1.82) is 0 Å². The van der Waals surface area contributed by atoms with Crippen molar-refractivity contribution in [1.82, 2.24) is 5.32 Å². The first-order valence-electron chi connectivity index (χ1n) is 7.44. The summed E-state index contributed by atoms with van der Waals surface area (Å²) in [6.07, 6.45) is 5.45. The lowest BCUT2D eigenvalue weighted by molar-refractivity contribution is -0.117. The lowest BCUT2D eigenvalue weighted by Crippen LogP contribution is -2.33. The van der Waals surface area contributed by atoms with Crippen molar-refractivity contribution in [3.63, 3.8) is 0 Å². The van der Waals surface area contributed by atoms with Crippen LogP contribution in [-0.4, -0.2) is 23.7 Å². The molecule has 0 spiro atoms. The van der Waals surface area contributed by atoms with Crippen LogP contribution >= 0.6 is 11.6 Å². The van der Waals surface area contributed by atoms with Gasteiger partial charge in [-0.2, -0.15) is 0 Å². The number of nitrogens with one attached hydrogen (secondary N) is 1. The first-order valence-corrected chi connectivity index (χ1v) is 7.82. The summed E-state index contributed by atoms with van der Waals surface area (Å²) in [5, 5.41) is 13.3. The zero-order valence-corrected chi connectivity index (χ0v) is 13.1. The second-order valence-corrected chi connectivity index (χ2v) is 6.21. The summed E-state index contributed by atoms with van der Waals surface area (Å²) in [4.78, 5) is 12.1. The van der Waals surface area contributed by atoms with Gasteiger partial charge in [-0.1, -0.05) is 30.2 Å². The molecule has 2 atom stereocenters. The Kier molecular flexibility index (Phi) is 5.83. The molecule has 2 rings (SSSR count). The topological polar surface area (TPSA) is 49.3 Å². The van der Waals surface area contributed by atoms with E-state index in [2.05, 4.69) is 5.32 Å². The fourth-order valence-corrected chi connectivity index (χ4v) is 2.83. The molecule has 1 aromatic rings. The maximum absolute atomic E-state index is 12.1. The Morgan fingerprint density at radius 1 is 1.38 bits per heavy atom. The molecule has 1 saturated carbocycles. The summed E-state index contributed by atoms with van der Waals surface area (Å²) in [7, 11) is 0. The van der Waals surface area contributed by atoms with Crippen LogP contribution in [0, 0.1) is 5.92 Å². The van der Waals surface area contributed by atoms with Gasteiger partial charge < -0.3 is 10.4 Å². The van der Waals surface area contributed by atoms with Gasteiger partial charge in [-0.25, -0.2) is 0 Å². The summed E-state index contributed by atoms with van der Waals surface area (Å²) in [5.74, 6) is 0.339. The molecule has 21 heavy (non-hydrogen) atoms. The molecule has 3 nitrogen and oxygen atoms in total. The smallest absolute Gasteiger partial charge is 0.246 e. The monoisotopic (exact) mass is 307 g/mol. The minimum Gasteiger partial charge on any atom is -0.393 e. The van der Waals surface area contributed by atoms with Gasteiger partial charge in [-0.3, -0.25) is 4.79 Å². The Balaban J connectivity index is 1.86. The molecule has 1 amide bonds. The van der Waals surface area contributed by atoms with E-state index in [0.29, 0.717) is 23.1 Å². The molecule has 0 aromatic heterocycles. The van der Waals surface area contributed by atoms with Gasteiger partial charge in [0.25, 0.3) is 0 Å². The van der Waals surface area contributed by atoms with Crippen molar-refractivity contribution in [2.75, 3.05) is 6.54 Å². The third-order valence-corrected chi connectivity index (χ3v) is 4.17. The van der Waals surface area contributed by atoms with Gasteiger partial charge in [0.05, 0.1) is 6.10 Å². The van der Waals surface area contributed by atoms with Crippen LogP contribution in [0.5, 0.6) is 0 Å². The zero-order valence-electron chi connectivity index (χ0n) is 12.3. The van der Waals surface area contributed by atoms with Gasteiger partial charge in [0.1, 0.15) is 0 Å². The fraction of sp³-hybridized carbons (Fsp3) is 0.471. The predicted octanol–water partition coefficient (Wildman–Crippen LogP) is 3.41. The molecular formula is C17H22ClNO2. The van der Waals surface area contributed by atoms with E-state index in [0.717, 1.165) is 31.2 Å². The van der Waals surface area contributed by atoms with E-state index >= 15 is 0 Å². The van der Waals surface area contributed by atoms with Crippen LogP contribution in [0.1, 0.15) is 38.2 Å². The average molecular weight is 308 g/mol. The molecule has 1 aliphatic carbocycles. The molecule has 0 aliphatic heterocycles. The highest BCUT2D eigenvalue weighted by Crippen LogP contribution is 2.23. The largest absolute Gasteiger partial charge is 0.393 e. The van der Waals surface area contributed by atoms with E-state index in [4.69, 9.17) is 11.6 Å². The summed E-state index contributed by atoms with van der Waals surface area (Å²) < 4.78 is 0. The number of aliphatic hydroxyl groups excluding tert-OH is 1. The summed E-state index contributed by atoms with van der Waals surface area (Å²) >= 11 is 5.84. The van der Waals surface area contributed by atoms with E-state index in [1.165, 1.54) is 0 Å². The van der Waals surface area contributed by atoms with Gasteiger partial charge in [0.2, 0.25) is 5.91 Å². The molecule has 2 unspecified atom stereocenters. The minimum absolute atomic E-state index is 0.0509. The fourth-order valence-electron chi connectivity index (χ4n) is 2.70. The highest BCUT2D eigenvalue weighted by atomic mass is 35.5. The van der Waals surface area contributed by atoms with Crippen molar-refractivity contribution in [2.45, 2.75) is 38.7 Å². The minimum atomic E-state index is -0.202. The van der Waals surface area contributed by atoms with Crippen molar-refractivity contribution in [3.8, 4) is 0 Å².